The topological polar surface area (TPSA) is 48.1 Å². The average molecular weight is 272 g/mol. The first kappa shape index (κ1) is 13.1. The lowest BCUT2D eigenvalue weighted by molar-refractivity contribution is -0.274. The predicted octanol–water partition coefficient (Wildman–Crippen LogP) is 3.37. The van der Waals surface area contributed by atoms with Crippen molar-refractivity contribution in [1.82, 2.24) is 4.98 Å². The number of ether oxygens (including phenoxy) is 1. The van der Waals surface area contributed by atoms with Gasteiger partial charge in [-0.25, -0.2) is 4.39 Å². The molecule has 0 fully saturated rings. The summed E-state index contributed by atoms with van der Waals surface area (Å²) in [6.07, 6.45) is -2.19. The number of hydrogen-bond donors (Lipinski definition) is 1. The van der Waals surface area contributed by atoms with Crippen molar-refractivity contribution in [2.75, 3.05) is 5.73 Å². The summed E-state index contributed by atoms with van der Waals surface area (Å²) in [5, 5.41) is 0. The van der Waals surface area contributed by atoms with E-state index in [1.165, 1.54) is 18.5 Å². The molecule has 0 saturated heterocycles. The second kappa shape index (κ2) is 4.75. The van der Waals surface area contributed by atoms with Crippen molar-refractivity contribution in [2.24, 2.45) is 0 Å². The van der Waals surface area contributed by atoms with Gasteiger partial charge in [0.1, 0.15) is 11.6 Å². The standard InChI is InChI=1S/C12H8F4N2O/c13-11-2-1-9(19-12(14,15)16)4-10(11)7-3-8(17)6-18-5-7/h1-6H,17H2. The molecule has 2 rings (SSSR count). The van der Waals surface area contributed by atoms with E-state index in [4.69, 9.17) is 5.73 Å². The molecule has 0 atom stereocenters. The quantitative estimate of drug-likeness (QED) is 0.853. The van der Waals surface area contributed by atoms with E-state index in [9.17, 15) is 17.6 Å². The largest absolute Gasteiger partial charge is 0.573 e. The Bertz CT molecular complexity index is 599. The Kier molecular flexibility index (Phi) is 3.28. The molecule has 0 saturated carbocycles. The van der Waals surface area contributed by atoms with Gasteiger partial charge in [0, 0.05) is 23.5 Å². The first-order valence-corrected chi connectivity index (χ1v) is 5.11. The van der Waals surface area contributed by atoms with Crippen LogP contribution in [0.4, 0.5) is 23.2 Å². The molecule has 1 aromatic carbocycles. The second-order valence-corrected chi connectivity index (χ2v) is 3.70. The molecule has 0 aliphatic rings. The maximum Gasteiger partial charge on any atom is 0.573 e. The van der Waals surface area contributed by atoms with Gasteiger partial charge in [0.25, 0.3) is 0 Å². The first-order valence-electron chi connectivity index (χ1n) is 5.11. The highest BCUT2D eigenvalue weighted by atomic mass is 19.4. The average Bonchev–Trinajstić information content (AvgIpc) is 2.30. The highest BCUT2D eigenvalue weighted by Crippen LogP contribution is 2.30. The summed E-state index contributed by atoms with van der Waals surface area (Å²) in [5.41, 5.74) is 5.97. The number of nitrogen functional groups attached to an aromatic ring is 1. The van der Waals surface area contributed by atoms with Crippen LogP contribution in [0, 0.1) is 5.82 Å². The van der Waals surface area contributed by atoms with Crippen LogP contribution in [0.3, 0.4) is 0 Å². The van der Waals surface area contributed by atoms with Crippen LogP contribution in [0.2, 0.25) is 0 Å². The zero-order valence-corrected chi connectivity index (χ0v) is 9.41. The molecule has 0 spiro atoms. The lowest BCUT2D eigenvalue weighted by Crippen LogP contribution is -2.17. The summed E-state index contributed by atoms with van der Waals surface area (Å²) < 4.78 is 53.6. The molecule has 1 aromatic heterocycles. The summed E-state index contributed by atoms with van der Waals surface area (Å²) in [5.74, 6) is -1.20. The third kappa shape index (κ3) is 3.34. The zero-order valence-electron chi connectivity index (χ0n) is 9.41. The van der Waals surface area contributed by atoms with E-state index < -0.39 is 17.9 Å². The third-order valence-corrected chi connectivity index (χ3v) is 2.24. The number of pyridine rings is 1. The van der Waals surface area contributed by atoms with Crippen molar-refractivity contribution in [3.8, 4) is 16.9 Å². The number of alkyl halides is 3. The molecule has 0 aliphatic heterocycles. The number of benzene rings is 1. The van der Waals surface area contributed by atoms with E-state index in [0.29, 0.717) is 0 Å². The number of nitrogens with zero attached hydrogens (tertiary/aromatic N) is 1. The summed E-state index contributed by atoms with van der Waals surface area (Å²) in [6, 6.07) is 4.13. The van der Waals surface area contributed by atoms with Crippen LogP contribution in [0.5, 0.6) is 5.75 Å². The van der Waals surface area contributed by atoms with Gasteiger partial charge in [-0.05, 0) is 24.3 Å². The summed E-state index contributed by atoms with van der Waals surface area (Å²) in [6.45, 7) is 0. The molecular weight excluding hydrogens is 264 g/mol. The van der Waals surface area contributed by atoms with Crippen molar-refractivity contribution in [3.05, 3.63) is 42.5 Å². The lowest BCUT2D eigenvalue weighted by Gasteiger charge is -2.11. The van der Waals surface area contributed by atoms with Crippen molar-refractivity contribution in [2.45, 2.75) is 6.36 Å². The van der Waals surface area contributed by atoms with Gasteiger partial charge in [-0.2, -0.15) is 0 Å². The van der Waals surface area contributed by atoms with E-state index in [-0.39, 0.29) is 16.8 Å². The molecule has 2 aromatic rings. The molecule has 19 heavy (non-hydrogen) atoms. The van der Waals surface area contributed by atoms with Crippen LogP contribution in [0.15, 0.2) is 36.7 Å². The summed E-state index contributed by atoms with van der Waals surface area (Å²) in [4.78, 5) is 3.75. The number of anilines is 1. The van der Waals surface area contributed by atoms with E-state index in [0.717, 1.165) is 18.2 Å². The van der Waals surface area contributed by atoms with Gasteiger partial charge in [0.05, 0.1) is 5.69 Å². The summed E-state index contributed by atoms with van der Waals surface area (Å²) >= 11 is 0. The number of halogens is 4. The Balaban J connectivity index is 2.43. The van der Waals surface area contributed by atoms with Gasteiger partial charge in [-0.1, -0.05) is 0 Å². The number of aromatic nitrogens is 1. The summed E-state index contributed by atoms with van der Waals surface area (Å²) in [7, 11) is 0. The smallest absolute Gasteiger partial charge is 0.406 e. The maximum atomic E-state index is 13.6. The van der Waals surface area contributed by atoms with E-state index in [1.54, 1.807) is 0 Å². The molecule has 0 aliphatic carbocycles. The Morgan fingerprint density at radius 2 is 1.84 bits per heavy atom. The van der Waals surface area contributed by atoms with Crippen molar-refractivity contribution in [1.29, 1.82) is 0 Å². The molecule has 1 heterocycles. The fourth-order valence-corrected chi connectivity index (χ4v) is 1.53. The maximum absolute atomic E-state index is 13.6. The number of nitrogens with two attached hydrogens (primary N) is 1. The third-order valence-electron chi connectivity index (χ3n) is 2.24. The molecule has 0 amide bonds. The van der Waals surface area contributed by atoms with Gasteiger partial charge in [0.2, 0.25) is 0 Å². The predicted molar refractivity (Wildman–Crippen MR) is 60.7 cm³/mol. The van der Waals surface area contributed by atoms with E-state index in [1.807, 2.05) is 0 Å². The Hall–Kier alpha value is -2.31. The molecule has 3 nitrogen and oxygen atoms in total. The van der Waals surface area contributed by atoms with Crippen LogP contribution >= 0.6 is 0 Å². The van der Waals surface area contributed by atoms with Crippen LogP contribution in [0.1, 0.15) is 0 Å². The number of hydrogen-bond acceptors (Lipinski definition) is 3. The Morgan fingerprint density at radius 3 is 2.47 bits per heavy atom. The minimum atomic E-state index is -4.83. The van der Waals surface area contributed by atoms with Crippen LogP contribution in [-0.2, 0) is 0 Å². The molecular formula is C12H8F4N2O. The molecule has 7 heteroatoms. The van der Waals surface area contributed by atoms with Gasteiger partial charge in [-0.3, -0.25) is 4.98 Å². The van der Waals surface area contributed by atoms with Gasteiger partial charge in [-0.15, -0.1) is 13.2 Å². The lowest BCUT2D eigenvalue weighted by atomic mass is 10.1. The zero-order chi connectivity index (χ0) is 14.0. The highest BCUT2D eigenvalue weighted by Gasteiger charge is 2.31. The highest BCUT2D eigenvalue weighted by molar-refractivity contribution is 5.67. The van der Waals surface area contributed by atoms with Gasteiger partial charge in [0.15, 0.2) is 0 Å². The molecule has 100 valence electrons. The molecule has 2 N–H and O–H groups in total. The van der Waals surface area contributed by atoms with E-state index in [2.05, 4.69) is 9.72 Å². The molecule has 0 bridgehead atoms. The second-order valence-electron chi connectivity index (χ2n) is 3.70. The Labute approximate surface area is 105 Å². The molecule has 0 unspecified atom stereocenters. The fraction of sp³-hybridized carbons (Fsp3) is 0.0833. The van der Waals surface area contributed by atoms with Crippen molar-refractivity contribution >= 4 is 5.69 Å². The minimum Gasteiger partial charge on any atom is -0.406 e. The first-order chi connectivity index (χ1) is 8.85. The van der Waals surface area contributed by atoms with Crippen molar-refractivity contribution < 1.29 is 22.3 Å². The van der Waals surface area contributed by atoms with E-state index >= 15 is 0 Å². The Morgan fingerprint density at radius 1 is 1.11 bits per heavy atom. The fourth-order valence-electron chi connectivity index (χ4n) is 1.53. The number of rotatable bonds is 2. The van der Waals surface area contributed by atoms with Crippen LogP contribution in [-0.4, -0.2) is 11.3 Å². The molecule has 0 radical (unpaired) electrons. The SMILES string of the molecule is Nc1cncc(-c2cc(OC(F)(F)F)ccc2F)c1. The normalized spacial score (nSPS) is 11.4. The van der Waals surface area contributed by atoms with Crippen molar-refractivity contribution in [3.63, 3.8) is 0 Å². The minimum absolute atomic E-state index is 0.0680. The van der Waals surface area contributed by atoms with Gasteiger partial charge < -0.3 is 10.5 Å². The van der Waals surface area contributed by atoms with Crippen LogP contribution in [0.25, 0.3) is 11.1 Å². The van der Waals surface area contributed by atoms with Crippen LogP contribution < -0.4 is 10.5 Å². The van der Waals surface area contributed by atoms with Gasteiger partial charge >= 0.3 is 6.36 Å². The monoisotopic (exact) mass is 272 g/mol.